The minimum atomic E-state index is -1.00. The molecule has 0 unspecified atom stereocenters. The van der Waals surface area contributed by atoms with Crippen molar-refractivity contribution in [1.29, 1.82) is 5.26 Å². The van der Waals surface area contributed by atoms with Crippen molar-refractivity contribution in [3.63, 3.8) is 0 Å². The lowest BCUT2D eigenvalue weighted by atomic mass is 9.93. The van der Waals surface area contributed by atoms with Gasteiger partial charge < -0.3 is 20.9 Å². The van der Waals surface area contributed by atoms with Crippen LogP contribution in [-0.2, 0) is 0 Å². The van der Waals surface area contributed by atoms with Crippen molar-refractivity contribution in [2.75, 3.05) is 6.61 Å². The second kappa shape index (κ2) is 8.47. The van der Waals surface area contributed by atoms with E-state index in [1.54, 1.807) is 24.3 Å². The zero-order valence-electron chi connectivity index (χ0n) is 15.6. The SMILES string of the molecule is CC(C)C[C@](C)(N)COc1ccc(-c2ccnc(OC(N)=O)n2)cc1C#N. The van der Waals surface area contributed by atoms with E-state index in [9.17, 15) is 10.1 Å². The van der Waals surface area contributed by atoms with E-state index in [0.29, 0.717) is 35.1 Å². The smallest absolute Gasteiger partial charge is 0.412 e. The molecule has 142 valence electrons. The third-order valence-corrected chi connectivity index (χ3v) is 3.65. The van der Waals surface area contributed by atoms with Crippen molar-refractivity contribution in [2.24, 2.45) is 17.4 Å². The Morgan fingerprint density at radius 1 is 1.37 bits per heavy atom. The van der Waals surface area contributed by atoms with Crippen LogP contribution in [0.5, 0.6) is 11.8 Å². The van der Waals surface area contributed by atoms with Crippen LogP contribution in [0.2, 0.25) is 0 Å². The summed E-state index contributed by atoms with van der Waals surface area (Å²) in [4.78, 5) is 18.7. The second-order valence-corrected chi connectivity index (χ2v) is 7.01. The Balaban J connectivity index is 2.21. The second-order valence-electron chi connectivity index (χ2n) is 7.01. The third kappa shape index (κ3) is 5.94. The van der Waals surface area contributed by atoms with E-state index in [1.165, 1.54) is 6.20 Å². The molecule has 1 heterocycles. The summed E-state index contributed by atoms with van der Waals surface area (Å²) in [6.07, 6.45) is 1.24. The van der Waals surface area contributed by atoms with Gasteiger partial charge in [0.1, 0.15) is 18.4 Å². The van der Waals surface area contributed by atoms with Crippen molar-refractivity contribution >= 4 is 6.09 Å². The Morgan fingerprint density at radius 3 is 2.74 bits per heavy atom. The van der Waals surface area contributed by atoms with Crippen molar-refractivity contribution in [2.45, 2.75) is 32.7 Å². The summed E-state index contributed by atoms with van der Waals surface area (Å²) in [6.45, 7) is 6.41. The van der Waals surface area contributed by atoms with Gasteiger partial charge in [-0.2, -0.15) is 10.2 Å². The van der Waals surface area contributed by atoms with E-state index < -0.39 is 11.6 Å². The number of aromatic nitrogens is 2. The number of nitriles is 1. The lowest BCUT2D eigenvalue weighted by molar-refractivity contribution is 0.206. The van der Waals surface area contributed by atoms with Crippen LogP contribution in [-0.4, -0.2) is 28.2 Å². The van der Waals surface area contributed by atoms with Gasteiger partial charge in [-0.05, 0) is 43.5 Å². The molecule has 0 saturated heterocycles. The van der Waals surface area contributed by atoms with E-state index in [-0.39, 0.29) is 6.01 Å². The van der Waals surface area contributed by atoms with Crippen LogP contribution in [0, 0.1) is 17.2 Å². The number of nitrogens with zero attached hydrogens (tertiary/aromatic N) is 3. The number of primary amides is 1. The fraction of sp³-hybridized carbons (Fsp3) is 0.368. The largest absolute Gasteiger partial charge is 0.490 e. The predicted molar refractivity (Wildman–Crippen MR) is 99.9 cm³/mol. The van der Waals surface area contributed by atoms with Crippen LogP contribution < -0.4 is 20.9 Å². The minimum Gasteiger partial charge on any atom is -0.490 e. The van der Waals surface area contributed by atoms with Gasteiger partial charge in [0, 0.05) is 17.3 Å². The molecular formula is C19H23N5O3. The normalized spacial score (nSPS) is 12.9. The molecular weight excluding hydrogens is 346 g/mol. The topological polar surface area (TPSA) is 137 Å². The summed E-state index contributed by atoms with van der Waals surface area (Å²) >= 11 is 0. The molecule has 1 amide bonds. The standard InChI is InChI=1S/C19H23N5O3/c1-12(2)9-19(3,22)11-26-16-5-4-13(8-14(16)10-20)15-6-7-23-18(24-15)27-17(21)25/h4-8,12H,9,11,22H2,1-3H3,(H2,21,25)/t19-/m0/s1. The zero-order chi connectivity index (χ0) is 20.0. The monoisotopic (exact) mass is 369 g/mol. The van der Waals surface area contributed by atoms with Gasteiger partial charge >= 0.3 is 12.1 Å². The zero-order valence-corrected chi connectivity index (χ0v) is 15.6. The number of amides is 1. The van der Waals surface area contributed by atoms with Crippen molar-refractivity contribution in [3.05, 3.63) is 36.0 Å². The average molecular weight is 369 g/mol. The van der Waals surface area contributed by atoms with Crippen LogP contribution in [0.15, 0.2) is 30.5 Å². The molecule has 1 aromatic heterocycles. The lowest BCUT2D eigenvalue weighted by Gasteiger charge is -2.26. The van der Waals surface area contributed by atoms with Gasteiger partial charge in [-0.25, -0.2) is 9.78 Å². The van der Waals surface area contributed by atoms with Gasteiger partial charge in [0.15, 0.2) is 0 Å². The highest BCUT2D eigenvalue weighted by molar-refractivity contribution is 5.68. The van der Waals surface area contributed by atoms with E-state index in [2.05, 4.69) is 34.6 Å². The molecule has 0 saturated carbocycles. The number of carbonyl (C=O) groups excluding carboxylic acids is 1. The molecule has 1 atom stereocenters. The molecule has 0 fully saturated rings. The third-order valence-electron chi connectivity index (χ3n) is 3.65. The number of hydrogen-bond acceptors (Lipinski definition) is 7. The number of benzene rings is 1. The number of rotatable bonds is 7. The first-order valence-corrected chi connectivity index (χ1v) is 8.47. The quantitative estimate of drug-likeness (QED) is 0.765. The Kier molecular flexibility index (Phi) is 6.32. The molecule has 2 aromatic rings. The molecule has 27 heavy (non-hydrogen) atoms. The maximum Gasteiger partial charge on any atom is 0.412 e. The van der Waals surface area contributed by atoms with Crippen LogP contribution in [0.25, 0.3) is 11.3 Å². The number of nitrogens with two attached hydrogens (primary N) is 2. The molecule has 0 aliphatic carbocycles. The molecule has 4 N–H and O–H groups in total. The molecule has 8 nitrogen and oxygen atoms in total. The number of hydrogen-bond donors (Lipinski definition) is 2. The van der Waals surface area contributed by atoms with Gasteiger partial charge in [0.25, 0.3) is 0 Å². The first-order valence-electron chi connectivity index (χ1n) is 8.47. The molecule has 0 spiro atoms. The number of ether oxygens (including phenoxy) is 2. The summed E-state index contributed by atoms with van der Waals surface area (Å²) < 4.78 is 10.5. The fourth-order valence-electron chi connectivity index (χ4n) is 2.78. The lowest BCUT2D eigenvalue weighted by Crippen LogP contribution is -2.43. The predicted octanol–water partition coefficient (Wildman–Crippen LogP) is 2.62. The summed E-state index contributed by atoms with van der Waals surface area (Å²) in [6, 6.07) is 8.67. The van der Waals surface area contributed by atoms with Crippen molar-refractivity contribution < 1.29 is 14.3 Å². The Labute approximate surface area is 158 Å². The minimum absolute atomic E-state index is 0.161. The van der Waals surface area contributed by atoms with Gasteiger partial charge in [0.05, 0.1) is 11.3 Å². The molecule has 1 aromatic carbocycles. The van der Waals surface area contributed by atoms with E-state index in [4.69, 9.17) is 16.2 Å². The summed E-state index contributed by atoms with van der Waals surface area (Å²) in [5.74, 6) is 0.889. The van der Waals surface area contributed by atoms with Crippen molar-refractivity contribution in [3.8, 4) is 29.1 Å². The Morgan fingerprint density at radius 2 is 2.11 bits per heavy atom. The summed E-state index contributed by atoms with van der Waals surface area (Å²) in [5.41, 5.74) is 12.2. The van der Waals surface area contributed by atoms with E-state index in [0.717, 1.165) is 6.42 Å². The fourth-order valence-corrected chi connectivity index (χ4v) is 2.78. The highest BCUT2D eigenvalue weighted by Crippen LogP contribution is 2.27. The summed E-state index contributed by atoms with van der Waals surface area (Å²) in [5, 5.41) is 9.46. The summed E-state index contributed by atoms with van der Waals surface area (Å²) in [7, 11) is 0. The Hall–Kier alpha value is -3.18. The van der Waals surface area contributed by atoms with Gasteiger partial charge in [0.2, 0.25) is 0 Å². The molecule has 0 aliphatic rings. The molecule has 0 aliphatic heterocycles. The molecule has 0 bridgehead atoms. The van der Waals surface area contributed by atoms with E-state index in [1.807, 2.05) is 6.92 Å². The van der Waals surface area contributed by atoms with Crippen LogP contribution >= 0.6 is 0 Å². The van der Waals surface area contributed by atoms with Crippen LogP contribution in [0.3, 0.4) is 0 Å². The average Bonchev–Trinajstić information content (AvgIpc) is 2.58. The van der Waals surface area contributed by atoms with Gasteiger partial charge in [-0.1, -0.05) is 13.8 Å². The molecule has 2 rings (SSSR count). The van der Waals surface area contributed by atoms with Crippen molar-refractivity contribution in [1.82, 2.24) is 9.97 Å². The van der Waals surface area contributed by atoms with Crippen LogP contribution in [0.4, 0.5) is 4.79 Å². The molecule has 8 heteroatoms. The van der Waals surface area contributed by atoms with Gasteiger partial charge in [-0.15, -0.1) is 0 Å². The first-order chi connectivity index (χ1) is 12.7. The Bertz CT molecular complexity index is 859. The molecule has 0 radical (unpaired) electrons. The maximum atomic E-state index is 10.8. The number of carbonyl (C=O) groups is 1. The van der Waals surface area contributed by atoms with E-state index >= 15 is 0 Å². The van der Waals surface area contributed by atoms with Crippen LogP contribution in [0.1, 0.15) is 32.8 Å². The first kappa shape index (κ1) is 20.1. The highest BCUT2D eigenvalue weighted by Gasteiger charge is 2.22. The highest BCUT2D eigenvalue weighted by atomic mass is 16.6. The van der Waals surface area contributed by atoms with Gasteiger partial charge in [-0.3, -0.25) is 0 Å². The maximum absolute atomic E-state index is 10.8.